The number of nitriles is 1. The largest absolute Gasteiger partial charge is 0.490 e. The molecule has 9 heteroatoms. The Hall–Kier alpha value is -3.61. The van der Waals surface area contributed by atoms with E-state index in [9.17, 15) is 18.5 Å². The number of nitrogens with zero attached hydrogens (tertiary/aromatic N) is 1. The van der Waals surface area contributed by atoms with E-state index in [0.29, 0.717) is 5.56 Å². The molecule has 0 spiro atoms. The number of hydrogen-bond donors (Lipinski definition) is 1. The summed E-state index contributed by atoms with van der Waals surface area (Å²) in [5.74, 6) is -0.424. The highest BCUT2D eigenvalue weighted by Gasteiger charge is 2.22. The van der Waals surface area contributed by atoms with Crippen molar-refractivity contribution in [2.24, 2.45) is 0 Å². The van der Waals surface area contributed by atoms with E-state index in [2.05, 4.69) is 21.2 Å². The standard InChI is InChI=1S/C25H21BrN2O5S/c1-2-32-23-15-19(13-20(16-27)25(29)28-17-18-9-5-3-6-10-18)14-22(26)24(23)33-34(30,31)21-11-7-4-8-12-21/h3-15H,2,17H2,1H3,(H,28,29)/b20-13+. The molecule has 1 amide bonds. The average Bonchev–Trinajstić information content (AvgIpc) is 2.84. The fourth-order valence-corrected chi connectivity index (χ4v) is 4.57. The van der Waals surface area contributed by atoms with E-state index in [0.717, 1.165) is 5.56 Å². The van der Waals surface area contributed by atoms with Crippen LogP contribution in [0.5, 0.6) is 11.5 Å². The topological polar surface area (TPSA) is 105 Å². The predicted molar refractivity (Wildman–Crippen MR) is 131 cm³/mol. The van der Waals surface area contributed by atoms with E-state index >= 15 is 0 Å². The number of ether oxygens (including phenoxy) is 1. The number of amides is 1. The van der Waals surface area contributed by atoms with Crippen molar-refractivity contribution < 1.29 is 22.1 Å². The van der Waals surface area contributed by atoms with E-state index in [-0.39, 0.29) is 39.6 Å². The molecular formula is C25H21BrN2O5S. The molecular weight excluding hydrogens is 520 g/mol. The summed E-state index contributed by atoms with van der Waals surface area (Å²) < 4.78 is 36.6. The van der Waals surface area contributed by atoms with Crippen molar-refractivity contribution >= 4 is 38.0 Å². The highest BCUT2D eigenvalue weighted by Crippen LogP contribution is 2.39. The van der Waals surface area contributed by atoms with Gasteiger partial charge in [0.2, 0.25) is 0 Å². The lowest BCUT2D eigenvalue weighted by Crippen LogP contribution is -2.23. The minimum Gasteiger partial charge on any atom is -0.490 e. The number of nitrogens with one attached hydrogen (secondary N) is 1. The fourth-order valence-electron chi connectivity index (χ4n) is 2.95. The Kier molecular flexibility index (Phi) is 8.46. The van der Waals surface area contributed by atoms with Crippen molar-refractivity contribution in [1.82, 2.24) is 5.32 Å². The first-order chi connectivity index (χ1) is 16.3. The van der Waals surface area contributed by atoms with E-state index in [1.807, 2.05) is 36.4 Å². The average molecular weight is 541 g/mol. The van der Waals surface area contributed by atoms with Gasteiger partial charge in [-0.3, -0.25) is 4.79 Å². The maximum atomic E-state index is 12.7. The van der Waals surface area contributed by atoms with Gasteiger partial charge in [0.1, 0.15) is 16.5 Å². The van der Waals surface area contributed by atoms with Gasteiger partial charge in [0.05, 0.1) is 11.1 Å². The zero-order valence-corrected chi connectivity index (χ0v) is 20.6. The van der Waals surface area contributed by atoms with Gasteiger partial charge >= 0.3 is 10.1 Å². The zero-order valence-electron chi connectivity index (χ0n) is 18.2. The van der Waals surface area contributed by atoms with Crippen LogP contribution < -0.4 is 14.2 Å². The molecule has 0 aliphatic rings. The Morgan fingerprint density at radius 1 is 1.09 bits per heavy atom. The lowest BCUT2D eigenvalue weighted by molar-refractivity contribution is -0.117. The van der Waals surface area contributed by atoms with Crippen LogP contribution in [0.4, 0.5) is 0 Å². The molecule has 0 saturated carbocycles. The summed E-state index contributed by atoms with van der Waals surface area (Å²) in [6.07, 6.45) is 1.39. The second-order valence-corrected chi connectivity index (χ2v) is 9.35. The third-order valence-electron chi connectivity index (χ3n) is 4.53. The normalized spacial score (nSPS) is 11.4. The van der Waals surface area contributed by atoms with Crippen LogP contribution in [0.1, 0.15) is 18.1 Å². The van der Waals surface area contributed by atoms with E-state index < -0.39 is 16.0 Å². The third-order valence-corrected chi connectivity index (χ3v) is 6.35. The minimum absolute atomic E-state index is 0.00447. The van der Waals surface area contributed by atoms with Crippen molar-refractivity contribution in [3.63, 3.8) is 0 Å². The zero-order chi connectivity index (χ0) is 24.6. The molecule has 0 heterocycles. The van der Waals surface area contributed by atoms with Gasteiger partial charge in [0.25, 0.3) is 5.91 Å². The fraction of sp³-hybridized carbons (Fsp3) is 0.120. The van der Waals surface area contributed by atoms with Gasteiger partial charge in [0.15, 0.2) is 11.5 Å². The molecule has 0 atom stereocenters. The number of halogens is 1. The summed E-state index contributed by atoms with van der Waals surface area (Å²) in [6, 6.07) is 22.0. The summed E-state index contributed by atoms with van der Waals surface area (Å²) in [4.78, 5) is 12.5. The van der Waals surface area contributed by atoms with Gasteiger partial charge < -0.3 is 14.2 Å². The molecule has 0 unspecified atom stereocenters. The molecule has 3 aromatic carbocycles. The van der Waals surface area contributed by atoms with Crippen LogP contribution in [0.15, 0.2) is 87.7 Å². The second kappa shape index (κ2) is 11.5. The molecule has 0 saturated heterocycles. The minimum atomic E-state index is -4.11. The van der Waals surface area contributed by atoms with Crippen LogP contribution >= 0.6 is 15.9 Å². The first-order valence-electron chi connectivity index (χ1n) is 10.2. The van der Waals surface area contributed by atoms with Crippen molar-refractivity contribution in [3.8, 4) is 17.6 Å². The van der Waals surface area contributed by atoms with Gasteiger partial charge in [-0.1, -0.05) is 48.5 Å². The number of hydrogen-bond acceptors (Lipinski definition) is 6. The van der Waals surface area contributed by atoms with Gasteiger partial charge in [0, 0.05) is 6.54 Å². The number of rotatable bonds is 9. The number of carbonyl (C=O) groups excluding carboxylic acids is 1. The molecule has 0 aromatic heterocycles. The van der Waals surface area contributed by atoms with Gasteiger partial charge in [-0.05, 0) is 64.3 Å². The van der Waals surface area contributed by atoms with Gasteiger partial charge in [-0.2, -0.15) is 13.7 Å². The first kappa shape index (κ1) is 25.0. The van der Waals surface area contributed by atoms with Crippen molar-refractivity contribution in [1.29, 1.82) is 5.26 Å². The van der Waals surface area contributed by atoms with Crippen LogP contribution in [0.2, 0.25) is 0 Å². The smallest absolute Gasteiger partial charge is 0.339 e. The van der Waals surface area contributed by atoms with E-state index in [1.165, 1.54) is 24.3 Å². The molecule has 3 aromatic rings. The highest BCUT2D eigenvalue weighted by atomic mass is 79.9. The van der Waals surface area contributed by atoms with Gasteiger partial charge in [-0.15, -0.1) is 0 Å². The van der Waals surface area contributed by atoms with Gasteiger partial charge in [-0.25, -0.2) is 0 Å². The summed E-state index contributed by atoms with van der Waals surface area (Å²) in [7, 11) is -4.11. The predicted octanol–water partition coefficient (Wildman–Crippen LogP) is 4.84. The summed E-state index contributed by atoms with van der Waals surface area (Å²) in [6.45, 7) is 2.25. The van der Waals surface area contributed by atoms with Crippen molar-refractivity contribution in [3.05, 3.63) is 94.0 Å². The molecule has 0 fully saturated rings. The molecule has 34 heavy (non-hydrogen) atoms. The van der Waals surface area contributed by atoms with Crippen LogP contribution in [0, 0.1) is 11.3 Å². The number of benzene rings is 3. The Morgan fingerprint density at radius 3 is 2.35 bits per heavy atom. The van der Waals surface area contributed by atoms with Crippen molar-refractivity contribution in [2.75, 3.05) is 6.61 Å². The maximum Gasteiger partial charge on any atom is 0.339 e. The number of carbonyl (C=O) groups is 1. The SMILES string of the molecule is CCOc1cc(/C=C(\C#N)C(=O)NCc2ccccc2)cc(Br)c1OS(=O)(=O)c1ccccc1. The Balaban J connectivity index is 1.88. The Bertz CT molecular complexity index is 1330. The molecule has 3 rings (SSSR count). The first-order valence-corrected chi connectivity index (χ1v) is 12.4. The van der Waals surface area contributed by atoms with Crippen LogP contribution in [0.3, 0.4) is 0 Å². The molecule has 0 bridgehead atoms. The second-order valence-electron chi connectivity index (χ2n) is 6.95. The van der Waals surface area contributed by atoms with E-state index in [4.69, 9.17) is 8.92 Å². The molecule has 1 N–H and O–H groups in total. The summed E-state index contributed by atoms with van der Waals surface area (Å²) in [5.41, 5.74) is 1.23. The monoisotopic (exact) mass is 540 g/mol. The molecule has 0 radical (unpaired) electrons. The van der Waals surface area contributed by atoms with E-state index in [1.54, 1.807) is 31.2 Å². The summed E-state index contributed by atoms with van der Waals surface area (Å²) >= 11 is 3.32. The van der Waals surface area contributed by atoms with Crippen LogP contribution in [-0.2, 0) is 21.5 Å². The lowest BCUT2D eigenvalue weighted by atomic mass is 10.1. The van der Waals surface area contributed by atoms with Crippen LogP contribution in [0.25, 0.3) is 6.08 Å². The third kappa shape index (κ3) is 6.47. The molecule has 174 valence electrons. The lowest BCUT2D eigenvalue weighted by Gasteiger charge is -2.14. The van der Waals surface area contributed by atoms with Crippen LogP contribution in [-0.4, -0.2) is 20.9 Å². The summed E-state index contributed by atoms with van der Waals surface area (Å²) in [5, 5.41) is 12.2. The Labute approximate surface area is 206 Å². The Morgan fingerprint density at radius 2 is 1.74 bits per heavy atom. The quantitative estimate of drug-likeness (QED) is 0.236. The van der Waals surface area contributed by atoms with Crippen molar-refractivity contribution in [2.45, 2.75) is 18.4 Å². The molecule has 7 nitrogen and oxygen atoms in total. The molecule has 0 aliphatic carbocycles. The maximum absolute atomic E-state index is 12.7. The molecule has 0 aliphatic heterocycles. The highest BCUT2D eigenvalue weighted by molar-refractivity contribution is 9.10.